The largest absolute Gasteiger partial charge is 0.481 e. The molecular weight excluding hydrogens is 194 g/mol. The quantitative estimate of drug-likeness (QED) is 0.586. The molecule has 3 aromatic rings. The zero-order valence-electron chi connectivity index (χ0n) is 7.65. The van der Waals surface area contributed by atoms with Crippen LogP contribution in [0.15, 0.2) is 39.2 Å². The van der Waals surface area contributed by atoms with Crippen molar-refractivity contribution in [2.24, 2.45) is 0 Å². The Hall–Kier alpha value is -2.23. The molecule has 0 aliphatic carbocycles. The summed E-state index contributed by atoms with van der Waals surface area (Å²) < 4.78 is 10.2. The Bertz CT molecular complexity index is 708. The minimum absolute atomic E-state index is 0.0796. The molecule has 2 N–H and O–H groups in total. The topological polar surface area (TPSA) is 70.4 Å². The maximum Gasteiger partial charge on any atom is 0.283 e. The highest BCUT2D eigenvalue weighted by Crippen LogP contribution is 2.27. The van der Waals surface area contributed by atoms with E-state index in [1.807, 2.05) is 18.2 Å². The summed E-state index contributed by atoms with van der Waals surface area (Å²) >= 11 is 0. The first-order valence-corrected chi connectivity index (χ1v) is 4.44. The molecule has 0 fully saturated rings. The van der Waals surface area contributed by atoms with Gasteiger partial charge in [0.1, 0.15) is 5.58 Å². The maximum atomic E-state index is 9.25. The third-order valence-electron chi connectivity index (χ3n) is 2.31. The van der Waals surface area contributed by atoms with E-state index in [1.54, 1.807) is 6.07 Å². The molecule has 0 aliphatic rings. The van der Waals surface area contributed by atoms with E-state index < -0.39 is 0 Å². The van der Waals surface area contributed by atoms with Crippen molar-refractivity contribution in [3.05, 3.63) is 35.9 Å². The number of rotatable bonds is 0. The maximum absolute atomic E-state index is 9.25. The van der Waals surface area contributed by atoms with Crippen LogP contribution in [-0.2, 0) is 0 Å². The number of fused-ring (bicyclic) bond motifs is 3. The Labute approximate surface area is 83.9 Å². The second kappa shape index (κ2) is 2.63. The van der Waals surface area contributed by atoms with Gasteiger partial charge in [0.25, 0.3) is 11.5 Å². The number of benzene rings is 1. The summed E-state index contributed by atoms with van der Waals surface area (Å²) in [5, 5.41) is 18.4. The molecule has 0 bridgehead atoms. The van der Waals surface area contributed by atoms with Crippen LogP contribution in [-0.4, -0.2) is 5.11 Å². The summed E-state index contributed by atoms with van der Waals surface area (Å²) in [6, 6.07) is 8.82. The molecule has 0 radical (unpaired) electrons. The van der Waals surface area contributed by atoms with Crippen LogP contribution in [0.4, 0.5) is 0 Å². The number of nitrogens with one attached hydrogen (secondary N) is 1. The lowest BCUT2D eigenvalue weighted by Gasteiger charge is -1.96. The number of hydrogen-bond acceptors (Lipinski definition) is 4. The van der Waals surface area contributed by atoms with Crippen LogP contribution in [0.5, 0.6) is 5.95 Å². The number of aromatic hydroxyl groups is 1. The molecule has 0 amide bonds. The van der Waals surface area contributed by atoms with Crippen molar-refractivity contribution in [1.82, 2.24) is 0 Å². The molecule has 4 nitrogen and oxygen atoms in total. The second-order valence-electron chi connectivity index (χ2n) is 3.25. The zero-order chi connectivity index (χ0) is 10.4. The van der Waals surface area contributed by atoms with Crippen molar-refractivity contribution in [3.8, 4) is 5.95 Å². The first kappa shape index (κ1) is 8.11. The fraction of sp³-hybridized carbons (Fsp3) is 0. The molecule has 0 aliphatic heterocycles. The van der Waals surface area contributed by atoms with Crippen LogP contribution >= 0.6 is 0 Å². The molecule has 2 heterocycles. The molecule has 0 spiro atoms. The van der Waals surface area contributed by atoms with E-state index >= 15 is 0 Å². The SMILES string of the molecule is N=c1oc2ccccc2c2cc(O)oc12. The van der Waals surface area contributed by atoms with Gasteiger partial charge in [0, 0.05) is 16.8 Å². The summed E-state index contributed by atoms with van der Waals surface area (Å²) in [5.74, 6) is -0.204. The molecule has 0 saturated heterocycles. The van der Waals surface area contributed by atoms with Crippen LogP contribution < -0.4 is 5.55 Å². The van der Waals surface area contributed by atoms with E-state index in [2.05, 4.69) is 0 Å². The van der Waals surface area contributed by atoms with Gasteiger partial charge in [-0.15, -0.1) is 0 Å². The summed E-state index contributed by atoms with van der Waals surface area (Å²) in [6.07, 6.45) is 0. The van der Waals surface area contributed by atoms with Gasteiger partial charge in [-0.25, -0.2) is 0 Å². The first-order chi connectivity index (χ1) is 7.25. The minimum atomic E-state index is -0.204. The van der Waals surface area contributed by atoms with Gasteiger partial charge in [-0.05, 0) is 6.07 Å². The highest BCUT2D eigenvalue weighted by Gasteiger charge is 2.10. The van der Waals surface area contributed by atoms with Gasteiger partial charge in [0.2, 0.25) is 5.58 Å². The van der Waals surface area contributed by atoms with E-state index in [1.165, 1.54) is 6.07 Å². The number of furan rings is 1. The van der Waals surface area contributed by atoms with Crippen molar-refractivity contribution in [1.29, 1.82) is 5.41 Å². The molecule has 0 saturated carbocycles. The summed E-state index contributed by atoms with van der Waals surface area (Å²) in [7, 11) is 0. The van der Waals surface area contributed by atoms with Gasteiger partial charge in [0.05, 0.1) is 0 Å². The fourth-order valence-electron chi connectivity index (χ4n) is 1.68. The van der Waals surface area contributed by atoms with Crippen LogP contribution in [0.3, 0.4) is 0 Å². The third-order valence-corrected chi connectivity index (χ3v) is 2.31. The van der Waals surface area contributed by atoms with Gasteiger partial charge in [-0.1, -0.05) is 18.2 Å². The van der Waals surface area contributed by atoms with E-state index in [0.717, 1.165) is 5.39 Å². The molecule has 4 heteroatoms. The molecule has 1 aromatic carbocycles. The molecule has 74 valence electrons. The predicted octanol–water partition coefficient (Wildman–Crippen LogP) is 2.36. The van der Waals surface area contributed by atoms with Crippen LogP contribution in [0.25, 0.3) is 21.9 Å². The van der Waals surface area contributed by atoms with Crippen molar-refractivity contribution in [2.45, 2.75) is 0 Å². The lowest BCUT2D eigenvalue weighted by Crippen LogP contribution is -1.97. The van der Waals surface area contributed by atoms with E-state index in [-0.39, 0.29) is 17.1 Å². The average molecular weight is 201 g/mol. The van der Waals surface area contributed by atoms with Crippen LogP contribution in [0.2, 0.25) is 0 Å². The lowest BCUT2D eigenvalue weighted by atomic mass is 10.2. The van der Waals surface area contributed by atoms with Crippen molar-refractivity contribution < 1.29 is 13.9 Å². The minimum Gasteiger partial charge on any atom is -0.481 e. The molecule has 3 rings (SSSR count). The monoisotopic (exact) mass is 201 g/mol. The van der Waals surface area contributed by atoms with Gasteiger partial charge >= 0.3 is 0 Å². The number of para-hydroxylation sites is 1. The fourth-order valence-corrected chi connectivity index (χ4v) is 1.68. The molecule has 15 heavy (non-hydrogen) atoms. The Balaban J connectivity index is 2.69. The summed E-state index contributed by atoms with van der Waals surface area (Å²) in [4.78, 5) is 0. The molecule has 0 atom stereocenters. The van der Waals surface area contributed by atoms with Crippen molar-refractivity contribution in [2.75, 3.05) is 0 Å². The highest BCUT2D eigenvalue weighted by molar-refractivity contribution is 6.02. The van der Waals surface area contributed by atoms with Gasteiger partial charge < -0.3 is 13.9 Å². The normalized spacial score (nSPS) is 11.2. The Kier molecular flexibility index (Phi) is 1.42. The van der Waals surface area contributed by atoms with Crippen molar-refractivity contribution in [3.63, 3.8) is 0 Å². The predicted molar refractivity (Wildman–Crippen MR) is 53.5 cm³/mol. The van der Waals surface area contributed by atoms with Gasteiger partial charge in [0.15, 0.2) is 0 Å². The first-order valence-electron chi connectivity index (χ1n) is 4.44. The zero-order valence-corrected chi connectivity index (χ0v) is 7.65. The summed E-state index contributed by atoms with van der Waals surface area (Å²) in [6.45, 7) is 0. The Morgan fingerprint density at radius 2 is 1.87 bits per heavy atom. The standard InChI is InChI=1S/C11H7NO3/c12-11-10-7(5-9(13)15-10)6-3-1-2-4-8(6)14-11/h1-5,12-13H. The van der Waals surface area contributed by atoms with Gasteiger partial charge in [-0.3, -0.25) is 5.41 Å². The van der Waals surface area contributed by atoms with Gasteiger partial charge in [-0.2, -0.15) is 0 Å². The molecular formula is C11H7NO3. The lowest BCUT2D eigenvalue weighted by molar-refractivity contribution is 0.342. The van der Waals surface area contributed by atoms with E-state index in [0.29, 0.717) is 11.0 Å². The number of hydrogen-bond donors (Lipinski definition) is 2. The molecule has 0 unspecified atom stereocenters. The second-order valence-corrected chi connectivity index (χ2v) is 3.25. The third kappa shape index (κ3) is 1.05. The Morgan fingerprint density at radius 1 is 1.07 bits per heavy atom. The summed E-state index contributed by atoms with van der Waals surface area (Å²) in [5.41, 5.74) is 0.797. The smallest absolute Gasteiger partial charge is 0.283 e. The average Bonchev–Trinajstić information content (AvgIpc) is 2.61. The molecule has 2 aromatic heterocycles. The highest BCUT2D eigenvalue weighted by atomic mass is 16.5. The van der Waals surface area contributed by atoms with Crippen LogP contribution in [0, 0.1) is 5.41 Å². The van der Waals surface area contributed by atoms with Crippen molar-refractivity contribution >= 4 is 21.9 Å². The van der Waals surface area contributed by atoms with E-state index in [4.69, 9.17) is 14.2 Å². The van der Waals surface area contributed by atoms with E-state index in [9.17, 15) is 5.11 Å². The Morgan fingerprint density at radius 3 is 2.73 bits per heavy atom. The van der Waals surface area contributed by atoms with Crippen LogP contribution in [0.1, 0.15) is 0 Å².